The van der Waals surface area contributed by atoms with E-state index >= 15 is 0 Å². The van der Waals surface area contributed by atoms with Crippen molar-refractivity contribution < 1.29 is 4.79 Å². The second-order valence-corrected chi connectivity index (χ2v) is 6.98. The van der Waals surface area contributed by atoms with Crippen LogP contribution < -0.4 is 11.1 Å². The molecule has 0 spiro atoms. The fourth-order valence-electron chi connectivity index (χ4n) is 2.29. The molecular weight excluding hydrogens is 348 g/mol. The molecule has 0 saturated heterocycles. The summed E-state index contributed by atoms with van der Waals surface area (Å²) in [7, 11) is 0. The Kier molecular flexibility index (Phi) is 4.68. The Morgan fingerprint density at radius 3 is 2.83 bits per heavy atom. The molecule has 0 radical (unpaired) electrons. The Labute approximate surface area is 148 Å². The van der Waals surface area contributed by atoms with Crippen LogP contribution in [0.5, 0.6) is 0 Å². The van der Waals surface area contributed by atoms with Crippen molar-refractivity contribution in [2.24, 2.45) is 10.7 Å². The van der Waals surface area contributed by atoms with Gasteiger partial charge in [0.25, 0.3) is 5.91 Å². The van der Waals surface area contributed by atoms with Crippen molar-refractivity contribution >= 4 is 40.1 Å². The van der Waals surface area contributed by atoms with Gasteiger partial charge in [-0.15, -0.1) is 0 Å². The zero-order valence-corrected chi connectivity index (χ0v) is 14.4. The zero-order chi connectivity index (χ0) is 17.2. The van der Waals surface area contributed by atoms with Crippen molar-refractivity contribution in [3.8, 4) is 0 Å². The number of nitrogens with zero attached hydrogens (tertiary/aromatic N) is 4. The Morgan fingerprint density at radius 1 is 1.38 bits per heavy atom. The first-order valence-corrected chi connectivity index (χ1v) is 8.56. The summed E-state index contributed by atoms with van der Waals surface area (Å²) >= 11 is 7.25. The monoisotopic (exact) mass is 362 g/mol. The van der Waals surface area contributed by atoms with Crippen LogP contribution in [-0.4, -0.2) is 31.8 Å². The van der Waals surface area contributed by atoms with Crippen molar-refractivity contribution in [1.29, 1.82) is 0 Å². The minimum absolute atomic E-state index is 0.0419. The molecule has 3 heterocycles. The van der Waals surface area contributed by atoms with Gasteiger partial charge in [0.15, 0.2) is 5.17 Å². The van der Waals surface area contributed by atoms with E-state index in [4.69, 9.17) is 17.3 Å². The van der Waals surface area contributed by atoms with Crippen LogP contribution in [0.25, 0.3) is 0 Å². The Bertz CT molecular complexity index is 797. The number of aliphatic imine (C=N–C) groups is 1. The third kappa shape index (κ3) is 3.65. The van der Waals surface area contributed by atoms with Gasteiger partial charge in [0.05, 0.1) is 10.7 Å². The van der Waals surface area contributed by atoms with Gasteiger partial charge in [-0.2, -0.15) is 0 Å². The van der Waals surface area contributed by atoms with Gasteiger partial charge in [0.2, 0.25) is 5.82 Å². The lowest BCUT2D eigenvalue weighted by Crippen LogP contribution is -2.29. The molecule has 24 heavy (non-hydrogen) atoms. The topological polar surface area (TPSA) is 106 Å². The van der Waals surface area contributed by atoms with Gasteiger partial charge in [-0.3, -0.25) is 9.78 Å². The van der Waals surface area contributed by atoms with Gasteiger partial charge < -0.3 is 11.1 Å². The van der Waals surface area contributed by atoms with Crippen LogP contribution in [0.1, 0.15) is 29.7 Å². The predicted molar refractivity (Wildman–Crippen MR) is 95.3 cm³/mol. The van der Waals surface area contributed by atoms with Crippen LogP contribution in [0.4, 0.5) is 5.69 Å². The molecule has 0 saturated carbocycles. The number of pyridine rings is 1. The summed E-state index contributed by atoms with van der Waals surface area (Å²) in [5.41, 5.74) is 6.69. The second-order valence-electron chi connectivity index (χ2n) is 5.43. The van der Waals surface area contributed by atoms with Crippen molar-refractivity contribution in [3.05, 3.63) is 47.3 Å². The van der Waals surface area contributed by atoms with Crippen LogP contribution in [-0.2, 0) is 5.54 Å². The lowest BCUT2D eigenvalue weighted by Gasteiger charge is -2.28. The third-order valence-corrected chi connectivity index (χ3v) is 4.58. The molecule has 0 fully saturated rings. The minimum Gasteiger partial charge on any atom is -0.379 e. The molecule has 1 aliphatic heterocycles. The Hall–Kier alpha value is -2.19. The largest absolute Gasteiger partial charge is 0.379 e. The molecule has 1 atom stereocenters. The van der Waals surface area contributed by atoms with Crippen LogP contribution >= 0.6 is 23.4 Å². The van der Waals surface area contributed by atoms with E-state index in [1.165, 1.54) is 24.2 Å². The van der Waals surface area contributed by atoms with Crippen molar-refractivity contribution in [1.82, 2.24) is 15.0 Å². The highest BCUT2D eigenvalue weighted by Gasteiger charge is 2.31. The number of amidine groups is 1. The number of amides is 1. The lowest BCUT2D eigenvalue weighted by atomic mass is 9.94. The number of thioether (sulfide) groups is 1. The fraction of sp³-hybridized carbons (Fsp3) is 0.267. The minimum atomic E-state index is -0.493. The highest BCUT2D eigenvalue weighted by Crippen LogP contribution is 2.34. The highest BCUT2D eigenvalue weighted by molar-refractivity contribution is 8.13. The number of hydrogen-bond acceptors (Lipinski definition) is 7. The number of nitrogens with two attached hydrogens (primary N) is 1. The molecular formula is C15H15ClN6OS. The first kappa shape index (κ1) is 16.7. The number of hydrogen-bond donors (Lipinski definition) is 2. The van der Waals surface area contributed by atoms with Gasteiger partial charge in [-0.25, -0.2) is 15.0 Å². The van der Waals surface area contributed by atoms with Crippen molar-refractivity contribution in [2.75, 3.05) is 11.1 Å². The number of rotatable bonds is 3. The highest BCUT2D eigenvalue weighted by atomic mass is 35.5. The molecule has 2 aromatic rings. The molecule has 0 aromatic carbocycles. The number of carbonyl (C=O) groups excluding carboxylic acids is 1. The van der Waals surface area contributed by atoms with Crippen molar-refractivity contribution in [2.45, 2.75) is 18.9 Å². The quantitative estimate of drug-likeness (QED) is 0.868. The average Bonchev–Trinajstić information content (AvgIpc) is 2.55. The molecule has 3 rings (SSSR count). The average molecular weight is 363 g/mol. The maximum atomic E-state index is 12.2. The molecule has 124 valence electrons. The predicted octanol–water partition coefficient (Wildman–Crippen LogP) is 2.44. The second kappa shape index (κ2) is 6.74. The number of nitrogens with one attached hydrogen (secondary N) is 1. The lowest BCUT2D eigenvalue weighted by molar-refractivity contribution is 0.101. The number of anilines is 1. The number of carbonyl (C=O) groups is 1. The first-order chi connectivity index (χ1) is 11.5. The van der Waals surface area contributed by atoms with Gasteiger partial charge >= 0.3 is 0 Å². The molecule has 3 N–H and O–H groups in total. The summed E-state index contributed by atoms with van der Waals surface area (Å²) in [4.78, 5) is 28.9. The molecule has 0 bridgehead atoms. The van der Waals surface area contributed by atoms with Gasteiger partial charge in [-0.1, -0.05) is 23.4 Å². The molecule has 1 aliphatic rings. The van der Waals surface area contributed by atoms with Crippen LogP contribution in [0, 0.1) is 0 Å². The molecule has 0 unspecified atom stereocenters. The van der Waals surface area contributed by atoms with E-state index in [2.05, 4.69) is 25.3 Å². The van der Waals surface area contributed by atoms with E-state index in [0.29, 0.717) is 15.9 Å². The van der Waals surface area contributed by atoms with Crippen LogP contribution in [0.2, 0.25) is 5.02 Å². The summed E-state index contributed by atoms with van der Waals surface area (Å²) in [5.74, 6) is 0.499. The Balaban J connectivity index is 1.82. The number of halogens is 1. The SMILES string of the molecule is C[C@@]1(c2cc(NC(=O)c3ncc(Cl)cn3)ccn2)CCSC(N)=N1. The molecule has 7 nitrogen and oxygen atoms in total. The summed E-state index contributed by atoms with van der Waals surface area (Å²) in [5, 5.41) is 3.68. The maximum Gasteiger partial charge on any atom is 0.293 e. The first-order valence-electron chi connectivity index (χ1n) is 7.20. The van der Waals surface area contributed by atoms with Crippen LogP contribution in [0.3, 0.4) is 0 Å². The van der Waals surface area contributed by atoms with E-state index in [1.54, 1.807) is 18.3 Å². The molecule has 2 aromatic heterocycles. The van der Waals surface area contributed by atoms with E-state index in [1.807, 2.05) is 6.92 Å². The Morgan fingerprint density at radius 2 is 2.12 bits per heavy atom. The van der Waals surface area contributed by atoms with E-state index in [0.717, 1.165) is 17.9 Å². The fourth-order valence-corrected chi connectivity index (χ4v) is 3.36. The summed E-state index contributed by atoms with van der Waals surface area (Å²) < 4.78 is 0. The van der Waals surface area contributed by atoms with E-state index in [9.17, 15) is 4.79 Å². The normalized spacial score (nSPS) is 20.3. The summed E-state index contributed by atoms with van der Waals surface area (Å²) in [6.07, 6.45) is 5.20. The van der Waals surface area contributed by atoms with Gasteiger partial charge in [0.1, 0.15) is 5.54 Å². The number of aromatic nitrogens is 3. The van der Waals surface area contributed by atoms with Crippen LogP contribution in [0.15, 0.2) is 35.7 Å². The smallest absolute Gasteiger partial charge is 0.293 e. The van der Waals surface area contributed by atoms with E-state index in [-0.39, 0.29) is 5.82 Å². The third-order valence-electron chi connectivity index (χ3n) is 3.59. The zero-order valence-electron chi connectivity index (χ0n) is 12.9. The van der Waals surface area contributed by atoms with Gasteiger partial charge in [-0.05, 0) is 25.5 Å². The molecule has 0 aliphatic carbocycles. The maximum absolute atomic E-state index is 12.2. The molecule has 1 amide bonds. The van der Waals surface area contributed by atoms with Gasteiger partial charge in [0, 0.05) is 30.0 Å². The summed E-state index contributed by atoms with van der Waals surface area (Å²) in [6.45, 7) is 1.98. The van der Waals surface area contributed by atoms with Crippen molar-refractivity contribution in [3.63, 3.8) is 0 Å². The summed E-state index contributed by atoms with van der Waals surface area (Å²) in [6, 6.07) is 3.49. The standard InChI is InChI=1S/C15H15ClN6OS/c1-15(3-5-24-14(17)22-15)11-6-10(2-4-18-11)21-13(23)12-19-7-9(16)8-20-12/h2,4,6-8H,3,5H2,1H3,(H2,17,22)(H,18,21,23)/t15-/m0/s1. The van der Waals surface area contributed by atoms with E-state index < -0.39 is 11.4 Å². The molecule has 9 heteroatoms.